The third kappa shape index (κ3) is 5.78. The highest BCUT2D eigenvalue weighted by atomic mass is 19.1. The molecule has 0 fully saturated rings. The van der Waals surface area contributed by atoms with E-state index in [1.807, 2.05) is 48.5 Å². The maximum atomic E-state index is 13.4. The van der Waals surface area contributed by atoms with Gasteiger partial charge in [-0.05, 0) is 59.7 Å². The molecule has 0 spiro atoms. The fourth-order valence-corrected chi connectivity index (χ4v) is 3.62. The molecule has 0 saturated heterocycles. The van der Waals surface area contributed by atoms with Gasteiger partial charge in [-0.1, -0.05) is 42.5 Å². The van der Waals surface area contributed by atoms with Gasteiger partial charge in [-0.2, -0.15) is 0 Å². The van der Waals surface area contributed by atoms with E-state index < -0.39 is 0 Å². The molecule has 0 saturated carbocycles. The van der Waals surface area contributed by atoms with E-state index in [9.17, 15) is 14.0 Å². The summed E-state index contributed by atoms with van der Waals surface area (Å²) in [6, 6.07) is 26.1. The highest BCUT2D eigenvalue weighted by Gasteiger charge is 2.19. The molecular formula is C28H25FN2O3. The number of hydrogen-bond acceptors (Lipinski definition) is 3. The molecular weight excluding hydrogens is 431 g/mol. The second kappa shape index (κ2) is 10.6. The number of carbonyl (C=O) groups excluding carboxylic acids is 2. The first kappa shape index (κ1) is 23.0. The first-order valence-corrected chi connectivity index (χ1v) is 11.0. The average molecular weight is 457 g/mol. The van der Waals surface area contributed by atoms with Gasteiger partial charge < -0.3 is 14.2 Å². The highest BCUT2D eigenvalue weighted by molar-refractivity contribution is 6.06. The van der Waals surface area contributed by atoms with Crippen LogP contribution in [0.5, 0.6) is 0 Å². The van der Waals surface area contributed by atoms with Crippen LogP contribution in [0.15, 0.2) is 102 Å². The number of nitrogens with zero attached hydrogens (tertiary/aromatic N) is 2. The minimum atomic E-state index is -0.323. The summed E-state index contributed by atoms with van der Waals surface area (Å²) in [6.45, 7) is 0.694. The molecule has 3 aromatic carbocycles. The number of rotatable bonds is 8. The molecule has 0 N–H and O–H groups in total. The standard InChI is InChI=1S/C28H25FN2O3/c1-30(20-26-8-5-17-34-26)27(32)18-21-11-15-25(16-12-21)31(19-22-9-13-24(29)14-10-22)28(33)23-6-3-2-4-7-23/h2-17H,18-20H2,1H3. The van der Waals surface area contributed by atoms with Crippen molar-refractivity contribution in [2.24, 2.45) is 0 Å². The summed E-state index contributed by atoms with van der Waals surface area (Å²) in [5.74, 6) is 0.206. The predicted octanol–water partition coefficient (Wildman–Crippen LogP) is 5.47. The Hall–Kier alpha value is -4.19. The van der Waals surface area contributed by atoms with Crippen LogP contribution in [0, 0.1) is 5.82 Å². The summed E-state index contributed by atoms with van der Waals surface area (Å²) in [7, 11) is 1.74. The van der Waals surface area contributed by atoms with Gasteiger partial charge in [-0.3, -0.25) is 9.59 Å². The number of benzene rings is 3. The Morgan fingerprint density at radius 3 is 2.12 bits per heavy atom. The predicted molar refractivity (Wildman–Crippen MR) is 129 cm³/mol. The number of hydrogen-bond donors (Lipinski definition) is 0. The maximum Gasteiger partial charge on any atom is 0.258 e. The normalized spacial score (nSPS) is 10.6. The van der Waals surface area contributed by atoms with Crippen molar-refractivity contribution in [1.29, 1.82) is 0 Å². The van der Waals surface area contributed by atoms with Crippen molar-refractivity contribution in [2.75, 3.05) is 11.9 Å². The maximum absolute atomic E-state index is 13.4. The summed E-state index contributed by atoms with van der Waals surface area (Å²) in [5, 5.41) is 0. The molecule has 2 amide bonds. The monoisotopic (exact) mass is 456 g/mol. The van der Waals surface area contributed by atoms with Crippen molar-refractivity contribution >= 4 is 17.5 Å². The van der Waals surface area contributed by atoms with Crippen LogP contribution in [0.25, 0.3) is 0 Å². The number of halogens is 1. The van der Waals surface area contributed by atoms with Crippen molar-refractivity contribution in [3.8, 4) is 0 Å². The van der Waals surface area contributed by atoms with Crippen LogP contribution in [0.2, 0.25) is 0 Å². The third-order valence-corrected chi connectivity index (χ3v) is 5.52. The van der Waals surface area contributed by atoms with Gasteiger partial charge in [0.05, 0.1) is 25.8 Å². The van der Waals surface area contributed by atoms with Gasteiger partial charge in [-0.25, -0.2) is 4.39 Å². The van der Waals surface area contributed by atoms with Crippen LogP contribution in [0.4, 0.5) is 10.1 Å². The Morgan fingerprint density at radius 2 is 1.47 bits per heavy atom. The molecule has 172 valence electrons. The van der Waals surface area contributed by atoms with Gasteiger partial charge >= 0.3 is 0 Å². The minimum Gasteiger partial charge on any atom is -0.467 e. The van der Waals surface area contributed by atoms with E-state index in [-0.39, 0.29) is 30.6 Å². The zero-order valence-electron chi connectivity index (χ0n) is 18.9. The first-order chi connectivity index (χ1) is 16.5. The number of furan rings is 1. The van der Waals surface area contributed by atoms with Crippen LogP contribution in [0.1, 0.15) is 27.2 Å². The summed E-state index contributed by atoms with van der Waals surface area (Å²) >= 11 is 0. The molecule has 0 atom stereocenters. The second-order valence-corrected chi connectivity index (χ2v) is 8.06. The van der Waals surface area contributed by atoms with Gasteiger partial charge in [0.1, 0.15) is 11.6 Å². The molecule has 0 aliphatic heterocycles. The van der Waals surface area contributed by atoms with Crippen LogP contribution >= 0.6 is 0 Å². The lowest BCUT2D eigenvalue weighted by Crippen LogP contribution is -2.30. The fraction of sp³-hybridized carbons (Fsp3) is 0.143. The lowest BCUT2D eigenvalue weighted by Gasteiger charge is -2.24. The van der Waals surface area contributed by atoms with E-state index in [2.05, 4.69) is 0 Å². The molecule has 4 aromatic rings. The van der Waals surface area contributed by atoms with Crippen molar-refractivity contribution in [2.45, 2.75) is 19.5 Å². The fourth-order valence-electron chi connectivity index (χ4n) is 3.62. The molecule has 0 bridgehead atoms. The van der Waals surface area contributed by atoms with E-state index in [4.69, 9.17) is 4.42 Å². The Labute approximate surface area is 198 Å². The smallest absolute Gasteiger partial charge is 0.258 e. The number of carbonyl (C=O) groups is 2. The molecule has 0 aliphatic rings. The lowest BCUT2D eigenvalue weighted by atomic mass is 10.1. The molecule has 1 aromatic heterocycles. The quantitative estimate of drug-likeness (QED) is 0.353. The summed E-state index contributed by atoms with van der Waals surface area (Å²) in [5.41, 5.74) is 2.90. The topological polar surface area (TPSA) is 53.8 Å². The summed E-state index contributed by atoms with van der Waals surface area (Å²) in [4.78, 5) is 29.2. The molecule has 5 nitrogen and oxygen atoms in total. The van der Waals surface area contributed by atoms with Gasteiger partial charge in [0.15, 0.2) is 0 Å². The summed E-state index contributed by atoms with van der Waals surface area (Å²) < 4.78 is 18.7. The van der Waals surface area contributed by atoms with E-state index in [0.717, 1.165) is 16.9 Å². The average Bonchev–Trinajstić information content (AvgIpc) is 3.37. The largest absolute Gasteiger partial charge is 0.467 e. The van der Waals surface area contributed by atoms with Crippen molar-refractivity contribution in [3.05, 3.63) is 126 Å². The van der Waals surface area contributed by atoms with E-state index >= 15 is 0 Å². The lowest BCUT2D eigenvalue weighted by molar-refractivity contribution is -0.129. The van der Waals surface area contributed by atoms with Crippen LogP contribution < -0.4 is 4.90 Å². The van der Waals surface area contributed by atoms with Gasteiger partial charge in [-0.15, -0.1) is 0 Å². The van der Waals surface area contributed by atoms with Crippen LogP contribution in [0.3, 0.4) is 0 Å². The Morgan fingerprint density at radius 1 is 0.794 bits per heavy atom. The number of amides is 2. The molecule has 0 radical (unpaired) electrons. The Bertz CT molecular complexity index is 1220. The molecule has 0 aliphatic carbocycles. The third-order valence-electron chi connectivity index (χ3n) is 5.52. The zero-order chi connectivity index (χ0) is 23.9. The van der Waals surface area contributed by atoms with E-state index in [1.165, 1.54) is 12.1 Å². The van der Waals surface area contributed by atoms with Crippen LogP contribution in [-0.4, -0.2) is 23.8 Å². The zero-order valence-corrected chi connectivity index (χ0v) is 18.9. The van der Waals surface area contributed by atoms with E-state index in [0.29, 0.717) is 17.8 Å². The molecule has 34 heavy (non-hydrogen) atoms. The molecule has 4 rings (SSSR count). The Balaban J connectivity index is 1.51. The number of likely N-dealkylation sites (N-methyl/N-ethyl adjacent to an activating group) is 1. The van der Waals surface area contributed by atoms with Crippen molar-refractivity contribution in [1.82, 2.24) is 4.90 Å². The van der Waals surface area contributed by atoms with Gasteiger partial charge in [0, 0.05) is 18.3 Å². The second-order valence-electron chi connectivity index (χ2n) is 8.06. The van der Waals surface area contributed by atoms with Gasteiger partial charge in [0.25, 0.3) is 5.91 Å². The summed E-state index contributed by atoms with van der Waals surface area (Å²) in [6.07, 6.45) is 1.82. The van der Waals surface area contributed by atoms with Gasteiger partial charge in [0.2, 0.25) is 5.91 Å². The minimum absolute atomic E-state index is 0.0346. The van der Waals surface area contributed by atoms with Crippen molar-refractivity contribution in [3.63, 3.8) is 0 Å². The Kier molecular flexibility index (Phi) is 7.18. The SMILES string of the molecule is CN(Cc1ccco1)C(=O)Cc1ccc(N(Cc2ccc(F)cc2)C(=O)c2ccccc2)cc1. The van der Waals surface area contributed by atoms with Crippen LogP contribution in [-0.2, 0) is 24.3 Å². The molecule has 1 heterocycles. The van der Waals surface area contributed by atoms with E-state index in [1.54, 1.807) is 53.4 Å². The van der Waals surface area contributed by atoms with Crippen molar-refractivity contribution < 1.29 is 18.4 Å². The molecule has 6 heteroatoms. The first-order valence-electron chi connectivity index (χ1n) is 11.0. The number of anilines is 1. The highest BCUT2D eigenvalue weighted by Crippen LogP contribution is 2.22. The molecule has 0 unspecified atom stereocenters.